The Bertz CT molecular complexity index is 698. The van der Waals surface area contributed by atoms with Crippen molar-refractivity contribution in [1.29, 1.82) is 0 Å². The third kappa shape index (κ3) is 3.39. The Morgan fingerprint density at radius 3 is 2.96 bits per heavy atom. The van der Waals surface area contributed by atoms with Crippen LogP contribution in [-0.2, 0) is 6.42 Å². The van der Waals surface area contributed by atoms with E-state index in [2.05, 4.69) is 20.5 Å². The zero-order valence-electron chi connectivity index (χ0n) is 13.0. The molecule has 1 atom stereocenters. The summed E-state index contributed by atoms with van der Waals surface area (Å²) in [5.41, 5.74) is 1.74. The Hall–Kier alpha value is -2.70. The number of amides is 2. The number of likely N-dealkylation sites (tertiary alicyclic amines) is 1. The van der Waals surface area contributed by atoms with Gasteiger partial charge < -0.3 is 10.2 Å². The second kappa shape index (κ2) is 6.60. The molecule has 0 unspecified atom stereocenters. The quantitative estimate of drug-likeness (QED) is 0.881. The minimum Gasteiger partial charge on any atom is -0.346 e. The van der Waals surface area contributed by atoms with E-state index in [4.69, 9.17) is 0 Å². The third-order valence-electron chi connectivity index (χ3n) is 3.94. The highest BCUT2D eigenvalue weighted by molar-refractivity contribution is 5.93. The molecule has 3 heterocycles. The van der Waals surface area contributed by atoms with Crippen molar-refractivity contribution in [3.8, 4) is 0 Å². The maximum absolute atomic E-state index is 12.3. The minimum absolute atomic E-state index is 0.0584. The first-order valence-corrected chi connectivity index (χ1v) is 7.73. The van der Waals surface area contributed by atoms with E-state index in [-0.39, 0.29) is 17.9 Å². The maximum atomic E-state index is 12.3. The summed E-state index contributed by atoms with van der Waals surface area (Å²) in [4.78, 5) is 30.3. The van der Waals surface area contributed by atoms with Crippen molar-refractivity contribution in [2.24, 2.45) is 0 Å². The molecule has 7 heteroatoms. The predicted octanol–water partition coefficient (Wildman–Crippen LogP) is 1.01. The van der Waals surface area contributed by atoms with Crippen molar-refractivity contribution in [1.82, 2.24) is 25.4 Å². The normalized spacial score (nSPS) is 17.3. The Kier molecular flexibility index (Phi) is 4.36. The molecule has 0 radical (unpaired) electrons. The van der Waals surface area contributed by atoms with E-state index in [1.807, 2.05) is 6.92 Å². The van der Waals surface area contributed by atoms with Crippen molar-refractivity contribution < 1.29 is 9.59 Å². The molecular formula is C16H19N5O2. The van der Waals surface area contributed by atoms with Crippen LogP contribution in [0, 0.1) is 0 Å². The molecule has 7 nitrogen and oxygen atoms in total. The van der Waals surface area contributed by atoms with Gasteiger partial charge in [0.1, 0.15) is 11.4 Å². The van der Waals surface area contributed by atoms with Gasteiger partial charge in [0.15, 0.2) is 0 Å². The monoisotopic (exact) mass is 313 g/mol. The summed E-state index contributed by atoms with van der Waals surface area (Å²) in [5, 5.41) is 9.76. The van der Waals surface area contributed by atoms with E-state index >= 15 is 0 Å². The number of carbonyl (C=O) groups is 2. The highest BCUT2D eigenvalue weighted by Gasteiger charge is 2.29. The molecule has 2 amide bonds. The first-order valence-electron chi connectivity index (χ1n) is 7.73. The van der Waals surface area contributed by atoms with Crippen LogP contribution < -0.4 is 5.32 Å². The highest BCUT2D eigenvalue weighted by Crippen LogP contribution is 2.13. The summed E-state index contributed by atoms with van der Waals surface area (Å²) in [6.07, 6.45) is 3.14. The zero-order chi connectivity index (χ0) is 16.2. The summed E-state index contributed by atoms with van der Waals surface area (Å²) in [6.45, 7) is 3.10. The fourth-order valence-electron chi connectivity index (χ4n) is 2.63. The molecule has 0 saturated carbocycles. The number of aryl methyl sites for hydroxylation is 1. The van der Waals surface area contributed by atoms with Crippen LogP contribution in [0.25, 0.3) is 0 Å². The lowest BCUT2D eigenvalue weighted by Gasteiger charge is -2.16. The first-order chi connectivity index (χ1) is 11.2. The van der Waals surface area contributed by atoms with Gasteiger partial charge >= 0.3 is 0 Å². The molecule has 1 aliphatic rings. The molecule has 0 aromatic carbocycles. The van der Waals surface area contributed by atoms with Gasteiger partial charge in [-0.2, -0.15) is 5.10 Å². The number of nitrogens with one attached hydrogen (secondary N) is 2. The second-order valence-electron chi connectivity index (χ2n) is 5.56. The van der Waals surface area contributed by atoms with Crippen LogP contribution in [0.15, 0.2) is 30.5 Å². The van der Waals surface area contributed by atoms with Crippen molar-refractivity contribution in [2.75, 3.05) is 13.1 Å². The number of hydrogen-bond acceptors (Lipinski definition) is 4. The van der Waals surface area contributed by atoms with E-state index in [1.165, 1.54) is 0 Å². The summed E-state index contributed by atoms with van der Waals surface area (Å²) in [7, 11) is 0. The van der Waals surface area contributed by atoms with Gasteiger partial charge in [0.25, 0.3) is 11.8 Å². The van der Waals surface area contributed by atoms with Gasteiger partial charge in [-0.15, -0.1) is 0 Å². The second-order valence-corrected chi connectivity index (χ2v) is 5.56. The van der Waals surface area contributed by atoms with Crippen molar-refractivity contribution in [3.05, 3.63) is 47.5 Å². The minimum atomic E-state index is -0.210. The molecular weight excluding hydrogens is 294 g/mol. The molecule has 1 fully saturated rings. The fourth-order valence-corrected chi connectivity index (χ4v) is 2.63. The topological polar surface area (TPSA) is 91.0 Å². The van der Waals surface area contributed by atoms with Gasteiger partial charge in [-0.3, -0.25) is 19.7 Å². The molecule has 1 aliphatic heterocycles. The number of aromatic nitrogens is 3. The van der Waals surface area contributed by atoms with Crippen LogP contribution >= 0.6 is 0 Å². The molecule has 0 bridgehead atoms. The number of nitrogens with zero attached hydrogens (tertiary/aromatic N) is 3. The largest absolute Gasteiger partial charge is 0.346 e. The van der Waals surface area contributed by atoms with Crippen LogP contribution in [0.3, 0.4) is 0 Å². The molecule has 2 aromatic heterocycles. The zero-order valence-corrected chi connectivity index (χ0v) is 13.0. The number of H-pyrrole nitrogens is 1. The van der Waals surface area contributed by atoms with Crippen LogP contribution in [0.5, 0.6) is 0 Å². The van der Waals surface area contributed by atoms with Crippen molar-refractivity contribution in [3.63, 3.8) is 0 Å². The highest BCUT2D eigenvalue weighted by atomic mass is 16.2. The number of hydrogen-bond donors (Lipinski definition) is 2. The molecule has 2 aromatic rings. The smallest absolute Gasteiger partial charge is 0.272 e. The van der Waals surface area contributed by atoms with Crippen LogP contribution in [0.2, 0.25) is 0 Å². The Morgan fingerprint density at radius 1 is 1.39 bits per heavy atom. The van der Waals surface area contributed by atoms with Crippen LogP contribution in [0.4, 0.5) is 0 Å². The molecule has 0 spiro atoms. The molecule has 2 N–H and O–H groups in total. The number of pyridine rings is 1. The lowest BCUT2D eigenvalue weighted by atomic mass is 10.2. The summed E-state index contributed by atoms with van der Waals surface area (Å²) >= 11 is 0. The summed E-state index contributed by atoms with van der Waals surface area (Å²) in [5.74, 6) is -0.312. The fraction of sp³-hybridized carbons (Fsp3) is 0.375. The average molecular weight is 313 g/mol. The Balaban J connectivity index is 1.57. The molecule has 120 valence electrons. The lowest BCUT2D eigenvalue weighted by molar-refractivity contribution is 0.0777. The Labute approximate surface area is 134 Å². The standard InChI is InChI=1S/C16H19N5O2/c1-2-11-9-14(20-19-11)15(22)18-12-6-8-21(10-12)16(23)13-5-3-4-7-17-13/h3-5,7,9,12H,2,6,8,10H2,1H3,(H,18,22)(H,19,20)/t12-/m1/s1. The SMILES string of the molecule is CCc1cc(C(=O)N[C@@H]2CCN(C(=O)c3ccccn3)C2)n[nH]1. The lowest BCUT2D eigenvalue weighted by Crippen LogP contribution is -2.38. The summed E-state index contributed by atoms with van der Waals surface area (Å²) in [6, 6.07) is 6.96. The molecule has 0 aliphatic carbocycles. The maximum Gasteiger partial charge on any atom is 0.272 e. The van der Waals surface area contributed by atoms with E-state index in [0.717, 1.165) is 18.5 Å². The van der Waals surface area contributed by atoms with E-state index in [0.29, 0.717) is 24.5 Å². The molecule has 3 rings (SSSR count). The first kappa shape index (κ1) is 15.2. The van der Waals surface area contributed by atoms with Crippen LogP contribution in [0.1, 0.15) is 40.0 Å². The van der Waals surface area contributed by atoms with Gasteiger partial charge in [-0.1, -0.05) is 13.0 Å². The van der Waals surface area contributed by atoms with Gasteiger partial charge in [0.05, 0.1) is 0 Å². The van der Waals surface area contributed by atoms with E-state index < -0.39 is 0 Å². The van der Waals surface area contributed by atoms with Gasteiger partial charge in [0, 0.05) is 31.0 Å². The Morgan fingerprint density at radius 2 is 2.26 bits per heavy atom. The van der Waals surface area contributed by atoms with E-state index in [9.17, 15) is 9.59 Å². The number of aromatic amines is 1. The van der Waals surface area contributed by atoms with Gasteiger partial charge in [-0.05, 0) is 31.0 Å². The van der Waals surface area contributed by atoms with Crippen LogP contribution in [-0.4, -0.2) is 51.0 Å². The number of rotatable bonds is 4. The van der Waals surface area contributed by atoms with Gasteiger partial charge in [-0.25, -0.2) is 0 Å². The van der Waals surface area contributed by atoms with E-state index in [1.54, 1.807) is 35.4 Å². The predicted molar refractivity (Wildman–Crippen MR) is 84.0 cm³/mol. The van der Waals surface area contributed by atoms with Crippen molar-refractivity contribution in [2.45, 2.75) is 25.8 Å². The number of carbonyl (C=O) groups excluding carboxylic acids is 2. The average Bonchev–Trinajstić information content (AvgIpc) is 3.24. The molecule has 23 heavy (non-hydrogen) atoms. The molecule has 1 saturated heterocycles. The summed E-state index contributed by atoms with van der Waals surface area (Å²) < 4.78 is 0. The third-order valence-corrected chi connectivity index (χ3v) is 3.94. The van der Waals surface area contributed by atoms with Crippen molar-refractivity contribution >= 4 is 11.8 Å². The van der Waals surface area contributed by atoms with Gasteiger partial charge in [0.2, 0.25) is 0 Å².